The number of hydrogen-bond donors (Lipinski definition) is 3. The van der Waals surface area contributed by atoms with Crippen LogP contribution in [0.2, 0.25) is 0 Å². The van der Waals surface area contributed by atoms with Gasteiger partial charge in [0.15, 0.2) is 11.6 Å². The Balaban J connectivity index is 1.63. The van der Waals surface area contributed by atoms with Crippen molar-refractivity contribution < 1.29 is 29.4 Å². The van der Waals surface area contributed by atoms with Crippen LogP contribution in [-0.2, 0) is 10.2 Å². The van der Waals surface area contributed by atoms with Gasteiger partial charge < -0.3 is 15.5 Å². The van der Waals surface area contributed by atoms with Gasteiger partial charge in [0.05, 0.1) is 6.42 Å². The number of benzene rings is 3. The van der Waals surface area contributed by atoms with E-state index in [9.17, 15) is 24.3 Å². The smallest absolute Gasteiger partial charge is 0.307 e. The highest BCUT2D eigenvalue weighted by Crippen LogP contribution is 2.33. The number of allylic oxidation sites excluding steroid dienone is 2. The molecule has 0 bridgehead atoms. The fourth-order valence-corrected chi connectivity index (χ4v) is 5.38. The van der Waals surface area contributed by atoms with E-state index in [4.69, 9.17) is 5.11 Å². The molecule has 0 spiro atoms. The number of rotatable bonds is 10. The van der Waals surface area contributed by atoms with E-state index in [2.05, 4.69) is 26.1 Å². The summed E-state index contributed by atoms with van der Waals surface area (Å²) in [4.78, 5) is 50.4. The van der Waals surface area contributed by atoms with Crippen molar-refractivity contribution in [3.8, 4) is 0 Å². The zero-order chi connectivity index (χ0) is 31.1. The Morgan fingerprint density at radius 3 is 1.88 bits per heavy atom. The molecule has 1 aliphatic rings. The van der Waals surface area contributed by atoms with Gasteiger partial charge in [0.2, 0.25) is 0 Å². The van der Waals surface area contributed by atoms with Crippen LogP contribution >= 0.6 is 0 Å². The highest BCUT2D eigenvalue weighted by atomic mass is 16.4. The van der Waals surface area contributed by atoms with Crippen molar-refractivity contribution in [1.82, 2.24) is 5.32 Å². The molecule has 1 amide bonds. The van der Waals surface area contributed by atoms with E-state index in [0.717, 1.165) is 18.4 Å². The number of amides is 1. The predicted octanol–water partition coefficient (Wildman–Crippen LogP) is 6.70. The molecule has 0 heterocycles. The number of hydrogen-bond acceptors (Lipinski definition) is 5. The van der Waals surface area contributed by atoms with Crippen LogP contribution in [0.1, 0.15) is 113 Å². The monoisotopic (exact) mass is 581 g/mol. The first-order valence-corrected chi connectivity index (χ1v) is 14.7. The summed E-state index contributed by atoms with van der Waals surface area (Å²) in [6, 6.07) is 21.1. The van der Waals surface area contributed by atoms with Crippen LogP contribution in [0.25, 0.3) is 5.57 Å². The molecule has 1 fully saturated rings. The molecule has 1 saturated carbocycles. The lowest BCUT2D eigenvalue weighted by atomic mass is 9.83. The summed E-state index contributed by atoms with van der Waals surface area (Å²) in [6.45, 7) is 6.31. The highest BCUT2D eigenvalue weighted by molar-refractivity contribution is 6.32. The van der Waals surface area contributed by atoms with Crippen molar-refractivity contribution in [2.75, 3.05) is 0 Å². The number of carbonyl (C=O) groups is 4. The van der Waals surface area contributed by atoms with Gasteiger partial charge in [-0.3, -0.25) is 19.2 Å². The molecular weight excluding hydrogens is 542 g/mol. The van der Waals surface area contributed by atoms with Crippen molar-refractivity contribution in [3.05, 3.63) is 112 Å². The van der Waals surface area contributed by atoms with Crippen LogP contribution in [-0.4, -0.2) is 39.9 Å². The van der Waals surface area contributed by atoms with Gasteiger partial charge in [0.25, 0.3) is 5.91 Å². The lowest BCUT2D eigenvalue weighted by Gasteiger charge is -2.22. The van der Waals surface area contributed by atoms with E-state index in [1.807, 2.05) is 36.4 Å². The third-order valence-corrected chi connectivity index (χ3v) is 7.93. The van der Waals surface area contributed by atoms with Crippen LogP contribution in [0, 0.1) is 0 Å². The van der Waals surface area contributed by atoms with E-state index >= 15 is 0 Å². The first kappa shape index (κ1) is 31.6. The third kappa shape index (κ3) is 8.36. The first-order valence-electron chi connectivity index (χ1n) is 14.7. The minimum absolute atomic E-state index is 0.0595. The average Bonchev–Trinajstić information content (AvgIpc) is 2.99. The number of carboxylic acid groups (broad SMARTS) is 1. The van der Waals surface area contributed by atoms with Gasteiger partial charge in [-0.15, -0.1) is 0 Å². The largest absolute Gasteiger partial charge is 0.481 e. The molecular formula is C36H39NO6. The number of aliphatic hydroxyl groups excluding tert-OH is 1. The van der Waals surface area contributed by atoms with Crippen LogP contribution in [0.4, 0.5) is 0 Å². The Morgan fingerprint density at radius 1 is 0.791 bits per heavy atom. The van der Waals surface area contributed by atoms with Gasteiger partial charge in [-0.05, 0) is 59.1 Å². The van der Waals surface area contributed by atoms with E-state index in [-0.39, 0.29) is 33.7 Å². The van der Waals surface area contributed by atoms with Crippen LogP contribution in [0.3, 0.4) is 0 Å². The minimum Gasteiger partial charge on any atom is -0.481 e. The average molecular weight is 582 g/mol. The first-order chi connectivity index (χ1) is 20.4. The second-order valence-electron chi connectivity index (χ2n) is 12.2. The van der Waals surface area contributed by atoms with Crippen molar-refractivity contribution in [2.24, 2.45) is 0 Å². The molecule has 0 aliphatic heterocycles. The number of aliphatic carboxylic acids is 1. The number of ketones is 2. The summed E-state index contributed by atoms with van der Waals surface area (Å²) in [5.74, 6) is -2.08. The molecule has 1 aliphatic carbocycles. The topological polar surface area (TPSA) is 121 Å². The summed E-state index contributed by atoms with van der Waals surface area (Å²) < 4.78 is 0. The molecule has 1 unspecified atom stereocenters. The fourth-order valence-electron chi connectivity index (χ4n) is 5.38. The molecule has 0 radical (unpaired) electrons. The number of carbonyl (C=O) groups excluding carboxylic acids is 3. The molecule has 3 aromatic carbocycles. The van der Waals surface area contributed by atoms with E-state index in [1.54, 1.807) is 12.1 Å². The molecule has 43 heavy (non-hydrogen) atoms. The molecule has 1 atom stereocenters. The quantitative estimate of drug-likeness (QED) is 0.139. The van der Waals surface area contributed by atoms with Crippen LogP contribution in [0.15, 0.2) is 78.9 Å². The molecule has 0 aromatic heterocycles. The van der Waals surface area contributed by atoms with Gasteiger partial charge in [0, 0.05) is 22.3 Å². The second-order valence-corrected chi connectivity index (χ2v) is 12.2. The highest BCUT2D eigenvalue weighted by Gasteiger charge is 2.21. The third-order valence-electron chi connectivity index (χ3n) is 7.93. The lowest BCUT2D eigenvalue weighted by Crippen LogP contribution is -2.36. The van der Waals surface area contributed by atoms with Crippen molar-refractivity contribution in [2.45, 2.75) is 76.9 Å². The number of nitrogens with one attached hydrogen (secondary N) is 1. The normalized spacial score (nSPS) is 15.0. The second kappa shape index (κ2) is 13.7. The van der Waals surface area contributed by atoms with Crippen molar-refractivity contribution in [3.63, 3.8) is 0 Å². The van der Waals surface area contributed by atoms with E-state index in [1.165, 1.54) is 55.2 Å². The number of carboxylic acids is 1. The number of Topliss-reactive ketones (excluding diaryl/α,β-unsaturated/α-hetero) is 1. The molecule has 4 rings (SSSR count). The Hall–Kier alpha value is -4.36. The molecule has 224 valence electrons. The van der Waals surface area contributed by atoms with Gasteiger partial charge in [-0.25, -0.2) is 0 Å². The maximum atomic E-state index is 13.8. The molecule has 3 aromatic rings. The Bertz CT molecular complexity index is 1490. The summed E-state index contributed by atoms with van der Waals surface area (Å²) in [7, 11) is 0. The van der Waals surface area contributed by atoms with Gasteiger partial charge in [0.1, 0.15) is 6.23 Å². The Kier molecular flexibility index (Phi) is 10.1. The summed E-state index contributed by atoms with van der Waals surface area (Å²) in [5.41, 5.74) is 4.05. The zero-order valence-electron chi connectivity index (χ0n) is 24.9. The van der Waals surface area contributed by atoms with Crippen LogP contribution in [0.5, 0.6) is 0 Å². The summed E-state index contributed by atoms with van der Waals surface area (Å²) in [5, 5.41) is 20.7. The standard InChI is InChI=1S/C36H39NO6/c1-36(2,3)29-19-17-26(18-20-29)31(38)21-30(25-11-9-24(10-12-25)23-7-5-4-6-8-23)34(42)27-13-15-28(16-14-27)35(43)37-32(39)22-33(40)41/h9-21,23,32,39H,4-8,22H2,1-3H3,(H,37,43)(H,40,41). The lowest BCUT2D eigenvalue weighted by molar-refractivity contribution is -0.139. The van der Waals surface area contributed by atoms with Crippen molar-refractivity contribution in [1.29, 1.82) is 0 Å². The molecule has 3 N–H and O–H groups in total. The summed E-state index contributed by atoms with van der Waals surface area (Å²) >= 11 is 0. The maximum absolute atomic E-state index is 13.8. The fraction of sp³-hybridized carbons (Fsp3) is 0.333. The molecule has 7 nitrogen and oxygen atoms in total. The van der Waals surface area contributed by atoms with Gasteiger partial charge >= 0.3 is 5.97 Å². The predicted molar refractivity (Wildman–Crippen MR) is 166 cm³/mol. The number of aliphatic hydroxyl groups is 1. The van der Waals surface area contributed by atoms with Gasteiger partial charge in [-0.1, -0.05) is 101 Å². The zero-order valence-corrected chi connectivity index (χ0v) is 24.9. The minimum atomic E-state index is -1.54. The molecule has 7 heteroatoms. The van der Waals surface area contributed by atoms with Crippen molar-refractivity contribution >= 4 is 29.0 Å². The molecule has 0 saturated heterocycles. The van der Waals surface area contributed by atoms with Crippen LogP contribution < -0.4 is 5.32 Å². The van der Waals surface area contributed by atoms with E-state index in [0.29, 0.717) is 17.0 Å². The SMILES string of the molecule is CC(C)(C)c1ccc(C(=O)C=C(C(=O)c2ccc(C(=O)NC(O)CC(=O)O)cc2)c2ccc(C3CCCCC3)cc2)cc1. The Labute approximate surface area is 252 Å². The van der Waals surface area contributed by atoms with Gasteiger partial charge in [-0.2, -0.15) is 0 Å². The maximum Gasteiger partial charge on any atom is 0.307 e. The Morgan fingerprint density at radius 2 is 1.33 bits per heavy atom. The summed E-state index contributed by atoms with van der Waals surface area (Å²) in [6.07, 6.45) is 5.19. The van der Waals surface area contributed by atoms with E-state index < -0.39 is 24.5 Å².